The number of amides is 3. The van der Waals surface area contributed by atoms with E-state index in [1.807, 2.05) is 67.6 Å². The van der Waals surface area contributed by atoms with E-state index >= 15 is 0 Å². The van der Waals surface area contributed by atoms with E-state index in [1.165, 1.54) is 0 Å². The second kappa shape index (κ2) is 7.17. The molecule has 0 bridgehead atoms. The van der Waals surface area contributed by atoms with Gasteiger partial charge in [-0.15, -0.1) is 0 Å². The second-order valence-corrected chi connectivity index (χ2v) is 5.99. The summed E-state index contributed by atoms with van der Waals surface area (Å²) >= 11 is 0. The minimum atomic E-state index is -0.251. The summed E-state index contributed by atoms with van der Waals surface area (Å²) in [6.45, 7) is 2.43. The van der Waals surface area contributed by atoms with Crippen LogP contribution in [-0.2, 0) is 4.79 Å². The van der Waals surface area contributed by atoms with Crippen LogP contribution in [0.15, 0.2) is 60.7 Å². The summed E-state index contributed by atoms with van der Waals surface area (Å²) in [5.74, 6) is 0.0302. The van der Waals surface area contributed by atoms with Crippen LogP contribution in [0.2, 0.25) is 0 Å². The molecule has 0 radical (unpaired) electrons. The zero-order chi connectivity index (χ0) is 16.9. The van der Waals surface area contributed by atoms with Crippen LogP contribution in [0, 0.1) is 0 Å². The Morgan fingerprint density at radius 3 is 2.38 bits per heavy atom. The second-order valence-electron chi connectivity index (χ2n) is 5.99. The number of rotatable bonds is 4. The summed E-state index contributed by atoms with van der Waals surface area (Å²) in [6.07, 6.45) is 0.321. The Hall–Kier alpha value is -2.82. The SMILES string of the molecule is C[C@H](NC(=O)N[C@@H]1CC(=O)N(c2ccccc2)C1)c1ccccc1. The summed E-state index contributed by atoms with van der Waals surface area (Å²) in [5, 5.41) is 5.81. The van der Waals surface area contributed by atoms with Gasteiger partial charge in [-0.25, -0.2) is 4.79 Å². The number of hydrogen-bond donors (Lipinski definition) is 2. The zero-order valence-corrected chi connectivity index (χ0v) is 13.6. The summed E-state index contributed by atoms with van der Waals surface area (Å²) in [7, 11) is 0. The fourth-order valence-corrected chi connectivity index (χ4v) is 2.91. The summed E-state index contributed by atoms with van der Waals surface area (Å²) in [4.78, 5) is 26.1. The van der Waals surface area contributed by atoms with Crippen molar-refractivity contribution in [2.24, 2.45) is 0 Å². The van der Waals surface area contributed by atoms with Crippen molar-refractivity contribution < 1.29 is 9.59 Å². The van der Waals surface area contributed by atoms with Crippen molar-refractivity contribution in [2.45, 2.75) is 25.4 Å². The van der Waals surface area contributed by atoms with E-state index in [9.17, 15) is 9.59 Å². The maximum absolute atomic E-state index is 12.2. The van der Waals surface area contributed by atoms with Crippen LogP contribution in [0.1, 0.15) is 24.9 Å². The van der Waals surface area contributed by atoms with Crippen molar-refractivity contribution in [1.29, 1.82) is 0 Å². The first-order valence-electron chi connectivity index (χ1n) is 8.11. The van der Waals surface area contributed by atoms with Gasteiger partial charge in [0.05, 0.1) is 12.1 Å². The molecule has 5 heteroatoms. The number of benzene rings is 2. The third-order valence-corrected chi connectivity index (χ3v) is 4.18. The maximum Gasteiger partial charge on any atom is 0.315 e. The summed E-state index contributed by atoms with van der Waals surface area (Å²) in [6, 6.07) is 18.8. The molecular formula is C19H21N3O2. The molecule has 1 saturated heterocycles. The molecule has 1 aliphatic heterocycles. The largest absolute Gasteiger partial charge is 0.333 e. The fraction of sp³-hybridized carbons (Fsp3) is 0.263. The number of carbonyl (C=O) groups is 2. The highest BCUT2D eigenvalue weighted by Gasteiger charge is 2.31. The predicted molar refractivity (Wildman–Crippen MR) is 93.7 cm³/mol. The monoisotopic (exact) mass is 323 g/mol. The minimum Gasteiger partial charge on any atom is -0.333 e. The molecule has 1 aliphatic rings. The van der Waals surface area contributed by atoms with Crippen LogP contribution in [0.4, 0.5) is 10.5 Å². The van der Waals surface area contributed by atoms with Crippen molar-refractivity contribution in [3.63, 3.8) is 0 Å². The molecule has 1 heterocycles. The average Bonchev–Trinajstić information content (AvgIpc) is 2.96. The molecule has 2 N–H and O–H groups in total. The number of hydrogen-bond acceptors (Lipinski definition) is 2. The highest BCUT2D eigenvalue weighted by molar-refractivity contribution is 5.96. The lowest BCUT2D eigenvalue weighted by atomic mass is 10.1. The van der Waals surface area contributed by atoms with Gasteiger partial charge in [0, 0.05) is 18.7 Å². The molecule has 0 saturated carbocycles. The Morgan fingerprint density at radius 2 is 1.71 bits per heavy atom. The highest BCUT2D eigenvalue weighted by Crippen LogP contribution is 2.21. The van der Waals surface area contributed by atoms with Crippen molar-refractivity contribution in [3.05, 3.63) is 66.2 Å². The van der Waals surface area contributed by atoms with E-state index in [4.69, 9.17) is 0 Å². The third-order valence-electron chi connectivity index (χ3n) is 4.18. The molecule has 1 fully saturated rings. The van der Waals surface area contributed by atoms with Crippen molar-refractivity contribution in [3.8, 4) is 0 Å². The van der Waals surface area contributed by atoms with Gasteiger partial charge in [0.2, 0.25) is 5.91 Å². The molecule has 2 aromatic carbocycles. The van der Waals surface area contributed by atoms with Crippen LogP contribution < -0.4 is 15.5 Å². The summed E-state index contributed by atoms with van der Waals surface area (Å²) < 4.78 is 0. The maximum atomic E-state index is 12.2. The molecular weight excluding hydrogens is 302 g/mol. The van der Waals surface area contributed by atoms with Crippen LogP contribution in [0.5, 0.6) is 0 Å². The van der Waals surface area contributed by atoms with Crippen LogP contribution in [-0.4, -0.2) is 24.5 Å². The average molecular weight is 323 g/mol. The molecule has 0 spiro atoms. The van der Waals surface area contributed by atoms with Gasteiger partial charge in [-0.05, 0) is 24.6 Å². The highest BCUT2D eigenvalue weighted by atomic mass is 16.2. The molecule has 3 amide bonds. The summed E-state index contributed by atoms with van der Waals surface area (Å²) in [5.41, 5.74) is 1.91. The van der Waals surface area contributed by atoms with Gasteiger partial charge in [0.15, 0.2) is 0 Å². The van der Waals surface area contributed by atoms with Gasteiger partial charge >= 0.3 is 6.03 Å². The number of urea groups is 1. The Kier molecular flexibility index (Phi) is 4.79. The topological polar surface area (TPSA) is 61.4 Å². The standard InChI is InChI=1S/C19H21N3O2/c1-14(15-8-4-2-5-9-15)20-19(24)21-16-12-18(23)22(13-16)17-10-6-3-7-11-17/h2-11,14,16H,12-13H2,1H3,(H2,20,21,24)/t14-,16+/m0/s1. The predicted octanol–water partition coefficient (Wildman–Crippen LogP) is 2.85. The number of nitrogens with zero attached hydrogens (tertiary/aromatic N) is 1. The van der Waals surface area contributed by atoms with Gasteiger partial charge in [0.1, 0.15) is 0 Å². The van der Waals surface area contributed by atoms with Gasteiger partial charge in [-0.2, -0.15) is 0 Å². The van der Waals surface area contributed by atoms with Crippen molar-refractivity contribution in [2.75, 3.05) is 11.4 Å². The van der Waals surface area contributed by atoms with Gasteiger partial charge in [0.25, 0.3) is 0 Å². The Morgan fingerprint density at radius 1 is 1.08 bits per heavy atom. The minimum absolute atomic E-state index is 0.0302. The first-order chi connectivity index (χ1) is 11.6. The molecule has 3 rings (SSSR count). The van der Waals surface area contributed by atoms with Crippen LogP contribution >= 0.6 is 0 Å². The molecule has 2 aromatic rings. The lowest BCUT2D eigenvalue weighted by molar-refractivity contribution is -0.117. The molecule has 5 nitrogen and oxygen atoms in total. The Labute approximate surface area is 141 Å². The number of para-hydroxylation sites is 1. The fourth-order valence-electron chi connectivity index (χ4n) is 2.91. The number of carbonyl (C=O) groups excluding carboxylic acids is 2. The van der Waals surface area contributed by atoms with Gasteiger partial charge < -0.3 is 15.5 Å². The Balaban J connectivity index is 1.55. The van der Waals surface area contributed by atoms with Gasteiger partial charge in [-0.3, -0.25) is 4.79 Å². The van der Waals surface area contributed by atoms with E-state index in [0.29, 0.717) is 13.0 Å². The first kappa shape index (κ1) is 16.1. The first-order valence-corrected chi connectivity index (χ1v) is 8.11. The third kappa shape index (κ3) is 3.74. The lowest BCUT2D eigenvalue weighted by Gasteiger charge is -2.19. The Bertz CT molecular complexity index is 703. The quantitative estimate of drug-likeness (QED) is 0.909. The van der Waals surface area contributed by atoms with E-state index in [0.717, 1.165) is 11.3 Å². The van der Waals surface area contributed by atoms with E-state index in [1.54, 1.807) is 4.90 Å². The van der Waals surface area contributed by atoms with E-state index in [-0.39, 0.29) is 24.0 Å². The molecule has 0 aromatic heterocycles. The molecule has 0 aliphatic carbocycles. The molecule has 124 valence electrons. The molecule has 0 unspecified atom stereocenters. The lowest BCUT2D eigenvalue weighted by Crippen LogP contribution is -2.44. The van der Waals surface area contributed by atoms with Crippen LogP contribution in [0.3, 0.4) is 0 Å². The van der Waals surface area contributed by atoms with E-state index in [2.05, 4.69) is 10.6 Å². The molecule has 2 atom stereocenters. The van der Waals surface area contributed by atoms with Crippen LogP contribution in [0.25, 0.3) is 0 Å². The van der Waals surface area contributed by atoms with Gasteiger partial charge in [-0.1, -0.05) is 48.5 Å². The normalized spacial score (nSPS) is 18.3. The van der Waals surface area contributed by atoms with Crippen molar-refractivity contribution >= 4 is 17.6 Å². The van der Waals surface area contributed by atoms with E-state index < -0.39 is 0 Å². The smallest absolute Gasteiger partial charge is 0.315 e. The zero-order valence-electron chi connectivity index (χ0n) is 13.6. The number of nitrogens with one attached hydrogen (secondary N) is 2. The number of anilines is 1. The molecule has 24 heavy (non-hydrogen) atoms. The van der Waals surface area contributed by atoms with Crippen molar-refractivity contribution in [1.82, 2.24) is 10.6 Å².